The van der Waals surface area contributed by atoms with Crippen LogP contribution in [0.1, 0.15) is 32.0 Å². The van der Waals surface area contributed by atoms with Gasteiger partial charge in [0.05, 0.1) is 17.6 Å². The number of nitrogens with zero attached hydrogens (tertiary/aromatic N) is 2. The molecule has 0 spiro atoms. The van der Waals surface area contributed by atoms with Gasteiger partial charge in [0.2, 0.25) is 0 Å². The lowest BCUT2D eigenvalue weighted by atomic mass is 10.2. The molecule has 1 heterocycles. The Morgan fingerprint density at radius 1 is 1.28 bits per heavy atom. The van der Waals surface area contributed by atoms with Gasteiger partial charge in [-0.05, 0) is 49.2 Å². The highest BCUT2D eigenvalue weighted by molar-refractivity contribution is 6.30. The molecule has 0 unspecified atom stereocenters. The van der Waals surface area contributed by atoms with Crippen LogP contribution in [0.25, 0.3) is 11.3 Å². The second kappa shape index (κ2) is 6.41. The predicted octanol–water partition coefficient (Wildman–Crippen LogP) is 4.89. The van der Waals surface area contributed by atoms with Crippen molar-refractivity contribution in [1.29, 1.82) is 0 Å². The second-order valence-corrected chi connectivity index (χ2v) is 4.33. The van der Waals surface area contributed by atoms with Gasteiger partial charge in [-0.1, -0.05) is 32.0 Å². The van der Waals surface area contributed by atoms with Crippen molar-refractivity contribution in [1.82, 2.24) is 9.78 Å². The van der Waals surface area contributed by atoms with Crippen molar-refractivity contribution < 1.29 is 0 Å². The molecule has 0 saturated heterocycles. The Morgan fingerprint density at radius 3 is 2.50 bits per heavy atom. The molecule has 2 aromatic rings. The number of hydrogen-bond donors (Lipinski definition) is 0. The van der Waals surface area contributed by atoms with Crippen molar-refractivity contribution in [3.63, 3.8) is 0 Å². The van der Waals surface area contributed by atoms with Gasteiger partial charge in [0.25, 0.3) is 0 Å². The SMILES string of the molecule is C=C(C)c1ccnn1-c1cc(C)cc(Cl)c1.CC. The van der Waals surface area contributed by atoms with E-state index in [0.717, 1.165) is 27.5 Å². The summed E-state index contributed by atoms with van der Waals surface area (Å²) >= 11 is 6.04. The van der Waals surface area contributed by atoms with Gasteiger partial charge in [0.15, 0.2) is 0 Å². The lowest BCUT2D eigenvalue weighted by Gasteiger charge is -2.08. The number of aromatic nitrogens is 2. The summed E-state index contributed by atoms with van der Waals surface area (Å²) in [6.45, 7) is 11.9. The van der Waals surface area contributed by atoms with Crippen molar-refractivity contribution in [2.24, 2.45) is 0 Å². The number of allylic oxidation sites excluding steroid dienone is 1. The van der Waals surface area contributed by atoms with E-state index >= 15 is 0 Å². The van der Waals surface area contributed by atoms with Gasteiger partial charge in [-0.25, -0.2) is 4.68 Å². The quantitative estimate of drug-likeness (QED) is 0.753. The Kier molecular flexibility index (Phi) is 5.17. The average molecular weight is 263 g/mol. The fourth-order valence-electron chi connectivity index (χ4n) is 1.67. The average Bonchev–Trinajstić information content (AvgIpc) is 2.79. The summed E-state index contributed by atoms with van der Waals surface area (Å²) in [6, 6.07) is 7.81. The maximum atomic E-state index is 6.04. The van der Waals surface area contributed by atoms with Gasteiger partial charge >= 0.3 is 0 Å². The number of aryl methyl sites for hydroxylation is 1. The highest BCUT2D eigenvalue weighted by atomic mass is 35.5. The second-order valence-electron chi connectivity index (χ2n) is 3.90. The van der Waals surface area contributed by atoms with Gasteiger partial charge in [-0.2, -0.15) is 5.10 Å². The molecule has 0 fully saturated rings. The molecule has 0 bridgehead atoms. The molecular weight excluding hydrogens is 244 g/mol. The molecule has 0 amide bonds. The van der Waals surface area contributed by atoms with Gasteiger partial charge in [-0.15, -0.1) is 0 Å². The number of hydrogen-bond acceptors (Lipinski definition) is 1. The van der Waals surface area contributed by atoms with E-state index in [1.807, 2.05) is 56.6 Å². The maximum Gasteiger partial charge on any atom is 0.0691 e. The summed E-state index contributed by atoms with van der Waals surface area (Å²) in [5.41, 5.74) is 4.07. The van der Waals surface area contributed by atoms with E-state index in [0.29, 0.717) is 0 Å². The Labute approximate surface area is 114 Å². The molecule has 0 N–H and O–H groups in total. The van der Waals surface area contributed by atoms with Crippen LogP contribution < -0.4 is 0 Å². The molecule has 0 atom stereocenters. The van der Waals surface area contributed by atoms with Crippen LogP contribution in [-0.2, 0) is 0 Å². The predicted molar refractivity (Wildman–Crippen MR) is 79.4 cm³/mol. The first kappa shape index (κ1) is 14.5. The third-order valence-corrected chi connectivity index (χ3v) is 2.57. The summed E-state index contributed by atoms with van der Waals surface area (Å²) in [6.07, 6.45) is 1.76. The fourth-order valence-corrected chi connectivity index (χ4v) is 1.96. The first-order chi connectivity index (χ1) is 8.58. The molecule has 2 nitrogen and oxygen atoms in total. The van der Waals surface area contributed by atoms with Crippen molar-refractivity contribution in [2.45, 2.75) is 27.7 Å². The number of rotatable bonds is 2. The zero-order valence-electron chi connectivity index (χ0n) is 11.4. The monoisotopic (exact) mass is 262 g/mol. The number of halogens is 1. The van der Waals surface area contributed by atoms with Crippen LogP contribution in [-0.4, -0.2) is 9.78 Å². The number of benzene rings is 1. The van der Waals surface area contributed by atoms with Crippen LogP contribution in [0.3, 0.4) is 0 Å². The zero-order chi connectivity index (χ0) is 13.7. The van der Waals surface area contributed by atoms with E-state index < -0.39 is 0 Å². The van der Waals surface area contributed by atoms with E-state index in [1.54, 1.807) is 6.20 Å². The van der Waals surface area contributed by atoms with E-state index in [9.17, 15) is 0 Å². The standard InChI is InChI=1S/C13H13ClN2.C2H6/c1-9(2)13-4-5-15-16(13)12-7-10(3)6-11(14)8-12;1-2/h4-8H,1H2,2-3H3;1-2H3. The van der Waals surface area contributed by atoms with E-state index in [4.69, 9.17) is 11.6 Å². The molecule has 0 aliphatic heterocycles. The zero-order valence-corrected chi connectivity index (χ0v) is 12.1. The lowest BCUT2D eigenvalue weighted by molar-refractivity contribution is 0.865. The summed E-state index contributed by atoms with van der Waals surface area (Å²) in [4.78, 5) is 0. The lowest BCUT2D eigenvalue weighted by Crippen LogP contribution is -2.00. The van der Waals surface area contributed by atoms with Crippen LogP contribution in [0.2, 0.25) is 5.02 Å². The Morgan fingerprint density at radius 2 is 1.94 bits per heavy atom. The van der Waals surface area contributed by atoms with Gasteiger partial charge in [0, 0.05) is 5.02 Å². The molecule has 3 heteroatoms. The van der Waals surface area contributed by atoms with Gasteiger partial charge in [-0.3, -0.25) is 0 Å². The Balaban J connectivity index is 0.000000771. The molecule has 1 aromatic heterocycles. The Bertz CT molecular complexity index is 521. The first-order valence-electron chi connectivity index (χ1n) is 6.05. The highest BCUT2D eigenvalue weighted by Gasteiger charge is 2.06. The van der Waals surface area contributed by atoms with Crippen molar-refractivity contribution in [3.05, 3.63) is 53.3 Å². The largest absolute Gasteiger partial charge is 0.233 e. The fraction of sp³-hybridized carbons (Fsp3) is 0.267. The first-order valence-corrected chi connectivity index (χ1v) is 6.43. The molecule has 96 valence electrons. The van der Waals surface area contributed by atoms with Gasteiger partial charge < -0.3 is 0 Å². The van der Waals surface area contributed by atoms with E-state index in [2.05, 4.69) is 11.7 Å². The molecule has 0 saturated carbocycles. The minimum absolute atomic E-state index is 0.721. The molecule has 0 aliphatic rings. The van der Waals surface area contributed by atoms with E-state index in [-0.39, 0.29) is 0 Å². The molecule has 1 aromatic carbocycles. The third kappa shape index (κ3) is 3.23. The van der Waals surface area contributed by atoms with Crippen molar-refractivity contribution >= 4 is 17.2 Å². The molecule has 2 rings (SSSR count). The summed E-state index contributed by atoms with van der Waals surface area (Å²) in [5.74, 6) is 0. The molecule has 0 aliphatic carbocycles. The summed E-state index contributed by atoms with van der Waals surface area (Å²) in [5, 5.41) is 5.01. The van der Waals surface area contributed by atoms with E-state index in [1.165, 1.54) is 0 Å². The van der Waals surface area contributed by atoms with Crippen LogP contribution in [0.5, 0.6) is 0 Å². The third-order valence-electron chi connectivity index (χ3n) is 2.35. The van der Waals surface area contributed by atoms with Gasteiger partial charge in [0.1, 0.15) is 0 Å². The summed E-state index contributed by atoms with van der Waals surface area (Å²) < 4.78 is 1.85. The molecule has 0 radical (unpaired) electrons. The van der Waals surface area contributed by atoms with Crippen LogP contribution in [0.4, 0.5) is 0 Å². The van der Waals surface area contributed by atoms with Crippen LogP contribution >= 0.6 is 11.6 Å². The van der Waals surface area contributed by atoms with Crippen LogP contribution in [0, 0.1) is 6.92 Å². The maximum absolute atomic E-state index is 6.04. The highest BCUT2D eigenvalue weighted by Crippen LogP contribution is 2.21. The Hall–Kier alpha value is -1.54. The minimum atomic E-state index is 0.721. The normalized spacial score (nSPS) is 9.61. The smallest absolute Gasteiger partial charge is 0.0691 e. The van der Waals surface area contributed by atoms with Crippen molar-refractivity contribution in [3.8, 4) is 5.69 Å². The molecule has 18 heavy (non-hydrogen) atoms. The van der Waals surface area contributed by atoms with Crippen molar-refractivity contribution in [2.75, 3.05) is 0 Å². The minimum Gasteiger partial charge on any atom is -0.233 e. The van der Waals surface area contributed by atoms with Crippen LogP contribution in [0.15, 0.2) is 37.0 Å². The summed E-state index contributed by atoms with van der Waals surface area (Å²) in [7, 11) is 0. The topological polar surface area (TPSA) is 17.8 Å². The molecular formula is C15H19ClN2.